The molecule has 0 aromatic heterocycles. The fraction of sp³-hybridized carbons (Fsp3) is 0.125. The van der Waals surface area contributed by atoms with Crippen LogP contribution in [0.3, 0.4) is 0 Å². The van der Waals surface area contributed by atoms with E-state index in [4.69, 9.17) is 5.11 Å². The van der Waals surface area contributed by atoms with Gasteiger partial charge in [0.25, 0.3) is 0 Å². The Morgan fingerprint density at radius 1 is 1.30 bits per heavy atom. The first-order valence-corrected chi connectivity index (χ1v) is 2.58. The van der Waals surface area contributed by atoms with Crippen molar-refractivity contribution in [1.82, 2.24) is 0 Å². The number of carbonyl (C=O) groups excluding carboxylic acids is 1. The zero-order valence-electron chi connectivity index (χ0n) is 4.74. The van der Waals surface area contributed by atoms with E-state index in [1.807, 2.05) is 0 Å². The van der Waals surface area contributed by atoms with Gasteiger partial charge in [0.05, 0.1) is 5.56 Å². The summed E-state index contributed by atoms with van der Waals surface area (Å²) < 4.78 is 0. The Bertz CT molecular complexity index is 218. The summed E-state index contributed by atoms with van der Waals surface area (Å²) in [7, 11) is 0. The van der Waals surface area contributed by atoms with Crippen molar-refractivity contribution >= 4 is 6.29 Å². The van der Waals surface area contributed by atoms with Gasteiger partial charge in [0.15, 0.2) is 6.29 Å². The predicted molar refractivity (Wildman–Crippen MR) is 40.2 cm³/mol. The molecule has 0 atom stereocenters. The summed E-state index contributed by atoms with van der Waals surface area (Å²) in [4.78, 5) is 10.1. The first kappa shape index (κ1) is 8.69. The summed E-state index contributed by atoms with van der Waals surface area (Å²) in [5, 5.41) is 8.88. The van der Waals surface area contributed by atoms with Crippen LogP contribution in [0.4, 0.5) is 0 Å². The van der Waals surface area contributed by atoms with Crippen molar-refractivity contribution < 1.29 is 9.90 Å². The van der Waals surface area contributed by atoms with Gasteiger partial charge in [0, 0.05) is 0 Å². The third kappa shape index (κ3) is 1.58. The maximum atomic E-state index is 10.1. The van der Waals surface area contributed by atoms with E-state index in [1.165, 1.54) is 6.07 Å². The molecule has 0 amide bonds. The van der Waals surface area contributed by atoms with Gasteiger partial charge >= 0.3 is 0 Å². The molecule has 0 radical (unpaired) electrons. The quantitative estimate of drug-likeness (QED) is 0.601. The number of aromatic hydroxyl groups is 1. The highest BCUT2D eigenvalue weighted by atomic mass is 16.3. The Morgan fingerprint density at radius 3 is 2.30 bits per heavy atom. The van der Waals surface area contributed by atoms with Crippen LogP contribution in [0.25, 0.3) is 0 Å². The Kier molecular flexibility index (Phi) is 3.19. The second-order valence-electron chi connectivity index (χ2n) is 1.68. The zero-order chi connectivity index (χ0) is 6.69. The van der Waals surface area contributed by atoms with Crippen molar-refractivity contribution in [2.75, 3.05) is 0 Å². The lowest BCUT2D eigenvalue weighted by atomic mass is 10.2. The van der Waals surface area contributed by atoms with Crippen molar-refractivity contribution in [3.05, 3.63) is 29.8 Å². The highest BCUT2D eigenvalue weighted by Gasteiger charge is 1.93. The summed E-state index contributed by atoms with van der Waals surface area (Å²) in [6, 6.07) is 6.40. The average molecular weight is 138 g/mol. The molecule has 0 fully saturated rings. The molecule has 2 nitrogen and oxygen atoms in total. The van der Waals surface area contributed by atoms with Gasteiger partial charge in [-0.3, -0.25) is 4.79 Å². The van der Waals surface area contributed by atoms with Crippen LogP contribution >= 0.6 is 0 Å². The smallest absolute Gasteiger partial charge is 0.153 e. The van der Waals surface area contributed by atoms with Crippen LogP contribution in [0.5, 0.6) is 5.75 Å². The first-order chi connectivity index (χ1) is 4.34. The molecule has 2 heteroatoms. The molecule has 10 heavy (non-hydrogen) atoms. The molecule has 1 aromatic rings. The Morgan fingerprint density at radius 2 is 1.90 bits per heavy atom. The molecule has 1 rings (SSSR count). The van der Waals surface area contributed by atoms with Gasteiger partial charge in [-0.1, -0.05) is 19.6 Å². The standard InChI is InChI=1S/C7H6O2.CH4/c8-5-6-3-1-2-4-7(6)9;/h1-5,9H;1H4. The minimum atomic E-state index is 0. The summed E-state index contributed by atoms with van der Waals surface area (Å²) >= 11 is 0. The highest BCUT2D eigenvalue weighted by molar-refractivity contribution is 5.78. The molecule has 54 valence electrons. The van der Waals surface area contributed by atoms with Crippen LogP contribution in [0, 0.1) is 0 Å². The third-order valence-corrected chi connectivity index (χ3v) is 1.06. The number of phenolic OH excluding ortho intramolecular Hbond substituents is 1. The summed E-state index contributed by atoms with van der Waals surface area (Å²) in [5.74, 6) is 0.0347. The molecule has 0 spiro atoms. The minimum Gasteiger partial charge on any atom is -0.507 e. The van der Waals surface area contributed by atoms with E-state index in [0.717, 1.165) is 0 Å². The van der Waals surface area contributed by atoms with Gasteiger partial charge in [-0.2, -0.15) is 0 Å². The molecular formula is C8H10O2. The Labute approximate surface area is 60.1 Å². The molecule has 0 heterocycles. The monoisotopic (exact) mass is 138 g/mol. The Balaban J connectivity index is 0.000000810. The van der Waals surface area contributed by atoms with E-state index >= 15 is 0 Å². The number of rotatable bonds is 1. The van der Waals surface area contributed by atoms with Gasteiger partial charge in [-0.25, -0.2) is 0 Å². The maximum absolute atomic E-state index is 10.1. The maximum Gasteiger partial charge on any atom is 0.153 e. The number of carbonyl (C=O) groups is 1. The topological polar surface area (TPSA) is 37.3 Å². The number of benzene rings is 1. The fourth-order valence-corrected chi connectivity index (χ4v) is 0.587. The molecule has 0 aliphatic carbocycles. The summed E-state index contributed by atoms with van der Waals surface area (Å²) in [6.45, 7) is 0. The molecule has 0 bridgehead atoms. The largest absolute Gasteiger partial charge is 0.507 e. The van der Waals surface area contributed by atoms with Crippen LogP contribution in [0.1, 0.15) is 17.8 Å². The number of hydrogen-bond donors (Lipinski definition) is 1. The third-order valence-electron chi connectivity index (χ3n) is 1.06. The van der Waals surface area contributed by atoms with Gasteiger partial charge in [0.2, 0.25) is 0 Å². The molecule has 0 saturated heterocycles. The lowest BCUT2D eigenvalue weighted by molar-refractivity contribution is 0.112. The second-order valence-corrected chi connectivity index (χ2v) is 1.68. The molecule has 1 N–H and O–H groups in total. The van der Waals surface area contributed by atoms with E-state index in [-0.39, 0.29) is 13.2 Å². The van der Waals surface area contributed by atoms with Gasteiger partial charge < -0.3 is 5.11 Å². The second kappa shape index (κ2) is 3.67. The van der Waals surface area contributed by atoms with Crippen LogP contribution in [0.15, 0.2) is 24.3 Å². The molecule has 0 saturated carbocycles. The van der Waals surface area contributed by atoms with Crippen molar-refractivity contribution in [1.29, 1.82) is 0 Å². The van der Waals surface area contributed by atoms with Crippen LogP contribution in [-0.2, 0) is 0 Å². The van der Waals surface area contributed by atoms with Crippen LogP contribution < -0.4 is 0 Å². The van der Waals surface area contributed by atoms with Crippen molar-refractivity contribution in [2.24, 2.45) is 0 Å². The van der Waals surface area contributed by atoms with Gasteiger partial charge in [-0.15, -0.1) is 0 Å². The number of aldehydes is 1. The van der Waals surface area contributed by atoms with E-state index in [9.17, 15) is 4.79 Å². The lowest BCUT2D eigenvalue weighted by Crippen LogP contribution is -1.77. The van der Waals surface area contributed by atoms with Crippen LogP contribution in [0.2, 0.25) is 0 Å². The minimum absolute atomic E-state index is 0. The van der Waals surface area contributed by atoms with Gasteiger partial charge in [0.1, 0.15) is 5.75 Å². The normalized spacial score (nSPS) is 8.00. The van der Waals surface area contributed by atoms with Crippen molar-refractivity contribution in [2.45, 2.75) is 7.43 Å². The molecule has 0 aliphatic rings. The number of hydrogen-bond acceptors (Lipinski definition) is 2. The van der Waals surface area contributed by atoms with E-state index in [2.05, 4.69) is 0 Å². The molecule has 1 aromatic carbocycles. The van der Waals surface area contributed by atoms with E-state index in [0.29, 0.717) is 11.8 Å². The fourth-order valence-electron chi connectivity index (χ4n) is 0.587. The molecule has 0 aliphatic heterocycles. The number of phenols is 1. The lowest BCUT2D eigenvalue weighted by Gasteiger charge is -1.91. The summed E-state index contributed by atoms with van der Waals surface area (Å²) in [6.07, 6.45) is 0.620. The molecule has 0 unspecified atom stereocenters. The van der Waals surface area contributed by atoms with E-state index < -0.39 is 0 Å². The SMILES string of the molecule is C.O=Cc1ccccc1O. The Hall–Kier alpha value is -1.31. The summed E-state index contributed by atoms with van der Waals surface area (Å²) in [5.41, 5.74) is 0.331. The van der Waals surface area contributed by atoms with Gasteiger partial charge in [-0.05, 0) is 12.1 Å². The van der Waals surface area contributed by atoms with Crippen molar-refractivity contribution in [3.8, 4) is 5.75 Å². The average Bonchev–Trinajstić information content (AvgIpc) is 1.89. The van der Waals surface area contributed by atoms with Crippen molar-refractivity contribution in [3.63, 3.8) is 0 Å². The van der Waals surface area contributed by atoms with Crippen LogP contribution in [-0.4, -0.2) is 11.4 Å². The predicted octanol–water partition coefficient (Wildman–Crippen LogP) is 1.84. The number of para-hydroxylation sites is 1. The van der Waals surface area contributed by atoms with E-state index in [1.54, 1.807) is 18.2 Å². The molecular weight excluding hydrogens is 128 g/mol. The zero-order valence-corrected chi connectivity index (χ0v) is 4.74. The highest BCUT2D eigenvalue weighted by Crippen LogP contribution is 2.11. The first-order valence-electron chi connectivity index (χ1n) is 2.58.